The lowest BCUT2D eigenvalue weighted by molar-refractivity contribution is -0.742. The van der Waals surface area contributed by atoms with Gasteiger partial charge in [0.05, 0.1) is 0 Å². The van der Waals surface area contributed by atoms with Crippen LogP contribution >= 0.6 is 0 Å². The Kier molecular flexibility index (Phi) is 7.09. The molecule has 12 heavy (non-hydrogen) atoms. The van der Waals surface area contributed by atoms with Gasteiger partial charge in [0.25, 0.3) is 5.09 Å². The molecule has 0 aromatic heterocycles. The fourth-order valence-electron chi connectivity index (χ4n) is 0.135. The summed E-state index contributed by atoms with van der Waals surface area (Å²) in [6, 6.07) is 0. The van der Waals surface area contributed by atoms with Crippen molar-refractivity contribution in [3.63, 3.8) is 0 Å². The molecule has 0 heterocycles. The summed E-state index contributed by atoms with van der Waals surface area (Å²) in [6.45, 7) is 0. The highest BCUT2D eigenvalue weighted by Gasteiger charge is 1.82. The molecule has 0 aromatic rings. The van der Waals surface area contributed by atoms with Crippen LogP contribution in [0.1, 0.15) is 0 Å². The maximum atomic E-state index is 8.36. The number of nitrogens with one attached hydrogen (secondary N) is 4. The average molecular weight is 179 g/mol. The van der Waals surface area contributed by atoms with Crippen LogP contribution in [0.25, 0.3) is 0 Å². The SMILES string of the molecule is N=C(N)NNC(=N)N.O=[N+]([O-])O. The summed E-state index contributed by atoms with van der Waals surface area (Å²) in [4.78, 5) is 8.36. The molecule has 0 aliphatic heterocycles. The van der Waals surface area contributed by atoms with Crippen molar-refractivity contribution in [1.29, 1.82) is 10.8 Å². The van der Waals surface area contributed by atoms with E-state index in [1.165, 1.54) is 0 Å². The molecular weight excluding hydrogens is 170 g/mol. The van der Waals surface area contributed by atoms with Gasteiger partial charge in [-0.05, 0) is 0 Å². The second-order valence-electron chi connectivity index (χ2n) is 1.32. The fourth-order valence-corrected chi connectivity index (χ4v) is 0.135. The van der Waals surface area contributed by atoms with Crippen LogP contribution in [0.4, 0.5) is 0 Å². The van der Waals surface area contributed by atoms with Gasteiger partial charge in [0, 0.05) is 0 Å². The largest absolute Gasteiger partial charge is 0.369 e. The van der Waals surface area contributed by atoms with Gasteiger partial charge in [-0.1, -0.05) is 0 Å². The van der Waals surface area contributed by atoms with Crippen molar-refractivity contribution in [1.82, 2.24) is 10.9 Å². The molecule has 10 nitrogen and oxygen atoms in total. The second-order valence-corrected chi connectivity index (χ2v) is 1.32. The van der Waals surface area contributed by atoms with Gasteiger partial charge in [0.15, 0.2) is 0 Å². The molecule has 0 fully saturated rings. The number of rotatable bonds is 0. The van der Waals surface area contributed by atoms with Gasteiger partial charge in [0.1, 0.15) is 0 Å². The van der Waals surface area contributed by atoms with Gasteiger partial charge < -0.3 is 16.7 Å². The Morgan fingerprint density at radius 3 is 1.58 bits per heavy atom. The van der Waals surface area contributed by atoms with E-state index in [0.717, 1.165) is 0 Å². The number of hydrazine groups is 1. The molecule has 0 saturated carbocycles. The van der Waals surface area contributed by atoms with Crippen molar-refractivity contribution in [3.8, 4) is 0 Å². The van der Waals surface area contributed by atoms with E-state index in [-0.39, 0.29) is 11.9 Å². The van der Waals surface area contributed by atoms with Crippen LogP contribution in [-0.4, -0.2) is 22.2 Å². The fraction of sp³-hybridized carbons (Fsp3) is 0. The summed E-state index contributed by atoms with van der Waals surface area (Å²) in [6.07, 6.45) is 0. The molecule has 0 spiro atoms. The van der Waals surface area contributed by atoms with Gasteiger partial charge in [-0.2, -0.15) is 0 Å². The van der Waals surface area contributed by atoms with E-state index in [9.17, 15) is 0 Å². The number of guanidine groups is 2. The molecule has 10 heteroatoms. The molecule has 0 amide bonds. The van der Waals surface area contributed by atoms with Crippen molar-refractivity contribution in [2.45, 2.75) is 0 Å². The lowest BCUT2D eigenvalue weighted by Crippen LogP contribution is -2.47. The molecular formula is C2H9N7O3. The average Bonchev–Trinajstić information content (AvgIpc) is 1.82. The van der Waals surface area contributed by atoms with E-state index in [4.69, 9.17) is 37.6 Å². The summed E-state index contributed by atoms with van der Waals surface area (Å²) >= 11 is 0. The number of hydrogen-bond donors (Lipinski definition) is 7. The van der Waals surface area contributed by atoms with Crippen LogP contribution < -0.4 is 22.3 Å². The molecule has 0 saturated heterocycles. The Bertz CT molecular complexity index is 159. The normalized spacial score (nSPS) is 7.00. The number of nitrogens with two attached hydrogens (primary N) is 2. The molecule has 0 aliphatic carbocycles. The first-order valence-corrected chi connectivity index (χ1v) is 2.39. The van der Waals surface area contributed by atoms with Gasteiger partial charge >= 0.3 is 0 Å². The first-order valence-electron chi connectivity index (χ1n) is 2.39. The summed E-state index contributed by atoms with van der Waals surface area (Å²) in [5.41, 5.74) is 13.8. The van der Waals surface area contributed by atoms with Crippen molar-refractivity contribution >= 4 is 11.9 Å². The Morgan fingerprint density at radius 1 is 1.33 bits per heavy atom. The molecule has 0 radical (unpaired) electrons. The van der Waals surface area contributed by atoms with Crippen molar-refractivity contribution < 1.29 is 10.3 Å². The van der Waals surface area contributed by atoms with Gasteiger partial charge in [-0.25, -0.2) is 0 Å². The highest BCUT2D eigenvalue weighted by Crippen LogP contribution is 1.41. The Morgan fingerprint density at radius 2 is 1.50 bits per heavy atom. The minimum Gasteiger partial charge on any atom is -0.369 e. The lowest BCUT2D eigenvalue weighted by Gasteiger charge is -2.02. The van der Waals surface area contributed by atoms with E-state index >= 15 is 0 Å². The summed E-state index contributed by atoms with van der Waals surface area (Å²) in [5, 5.41) is 26.7. The Labute approximate surface area is 66.6 Å². The predicted molar refractivity (Wildman–Crippen MR) is 38.9 cm³/mol. The predicted octanol–water partition coefficient (Wildman–Crippen LogP) is -2.48. The first-order chi connectivity index (χ1) is 5.36. The summed E-state index contributed by atoms with van der Waals surface area (Å²) in [7, 11) is 0. The molecule has 0 rings (SSSR count). The third-order valence-corrected chi connectivity index (χ3v) is 0.332. The Hall–Kier alpha value is -2.26. The van der Waals surface area contributed by atoms with Crippen molar-refractivity contribution in [2.24, 2.45) is 11.5 Å². The van der Waals surface area contributed by atoms with Crippen molar-refractivity contribution in [2.75, 3.05) is 0 Å². The molecule has 0 aliphatic rings. The molecule has 0 unspecified atom stereocenters. The first kappa shape index (κ1) is 12.4. The zero-order valence-corrected chi connectivity index (χ0v) is 5.87. The second kappa shape index (κ2) is 6.85. The molecule has 9 N–H and O–H groups in total. The maximum Gasteiger partial charge on any atom is 0.291 e. The summed E-state index contributed by atoms with van der Waals surface area (Å²) in [5.74, 6) is -0.555. The lowest BCUT2D eigenvalue weighted by atomic mass is 11.0. The highest BCUT2D eigenvalue weighted by atomic mass is 16.9. The van der Waals surface area contributed by atoms with Crippen LogP contribution in [0.15, 0.2) is 0 Å². The van der Waals surface area contributed by atoms with Gasteiger partial charge in [0.2, 0.25) is 11.9 Å². The molecule has 0 aromatic carbocycles. The standard InChI is InChI=1S/C2H8N6.HNO3/c3-1(4)7-8-2(5)6;2-1(3)4/h(H4,3,4,7)(H4,5,6,8);(H,2,3,4). The summed E-state index contributed by atoms with van der Waals surface area (Å²) < 4.78 is 0. The molecule has 70 valence electrons. The number of nitrogens with zero attached hydrogens (tertiary/aromatic N) is 1. The maximum absolute atomic E-state index is 8.36. The van der Waals surface area contributed by atoms with Gasteiger partial charge in [-0.15, -0.1) is 10.1 Å². The molecule has 0 bridgehead atoms. The van der Waals surface area contributed by atoms with Crippen LogP contribution in [-0.2, 0) is 0 Å². The monoisotopic (exact) mass is 179 g/mol. The van der Waals surface area contributed by atoms with Crippen LogP contribution in [0.3, 0.4) is 0 Å². The quantitative estimate of drug-likeness (QED) is 0.0926. The zero-order valence-electron chi connectivity index (χ0n) is 5.87. The van der Waals surface area contributed by atoms with E-state index in [2.05, 4.69) is 10.9 Å². The third kappa shape index (κ3) is 46.8. The van der Waals surface area contributed by atoms with E-state index in [0.29, 0.717) is 0 Å². The molecule has 0 atom stereocenters. The van der Waals surface area contributed by atoms with Crippen LogP contribution in [0.2, 0.25) is 0 Å². The highest BCUT2D eigenvalue weighted by molar-refractivity contribution is 5.80. The smallest absolute Gasteiger partial charge is 0.291 e. The Balaban J connectivity index is 0. The minimum atomic E-state index is -1.50. The van der Waals surface area contributed by atoms with E-state index in [1.54, 1.807) is 0 Å². The van der Waals surface area contributed by atoms with E-state index < -0.39 is 5.09 Å². The van der Waals surface area contributed by atoms with E-state index in [1.807, 2.05) is 0 Å². The topological polar surface area (TPSA) is 187 Å². The number of hydrogen-bond acceptors (Lipinski definition) is 4. The third-order valence-electron chi connectivity index (χ3n) is 0.332. The van der Waals surface area contributed by atoms with Crippen LogP contribution in [0.5, 0.6) is 0 Å². The van der Waals surface area contributed by atoms with Gasteiger partial charge in [-0.3, -0.25) is 21.7 Å². The minimum absolute atomic E-state index is 0.278. The zero-order chi connectivity index (χ0) is 10.1. The van der Waals surface area contributed by atoms with Crippen LogP contribution in [0, 0.1) is 20.9 Å². The van der Waals surface area contributed by atoms with Crippen molar-refractivity contribution in [3.05, 3.63) is 10.1 Å².